The predicted molar refractivity (Wildman–Crippen MR) is 137 cm³/mol. The maximum absolute atomic E-state index is 13.2. The fourth-order valence-corrected chi connectivity index (χ4v) is 6.37. The Morgan fingerprint density at radius 3 is 2.68 bits per heavy atom. The van der Waals surface area contributed by atoms with E-state index in [0.29, 0.717) is 30.9 Å². The number of hydrogen-bond acceptors (Lipinski definition) is 6. The van der Waals surface area contributed by atoms with Crippen molar-refractivity contribution in [3.63, 3.8) is 0 Å². The quantitative estimate of drug-likeness (QED) is 0.462. The molecule has 1 N–H and O–H groups in total. The molecule has 2 fully saturated rings. The third-order valence-corrected chi connectivity index (χ3v) is 8.71. The average Bonchev–Trinajstić information content (AvgIpc) is 3.47. The summed E-state index contributed by atoms with van der Waals surface area (Å²) >= 11 is 0. The van der Waals surface area contributed by atoms with E-state index in [0.717, 1.165) is 63.1 Å². The molecule has 0 saturated carbocycles. The van der Waals surface area contributed by atoms with Crippen molar-refractivity contribution in [1.82, 2.24) is 15.1 Å². The predicted octanol–water partition coefficient (Wildman–Crippen LogP) is 2.69. The van der Waals surface area contributed by atoms with Crippen molar-refractivity contribution < 1.29 is 23.9 Å². The van der Waals surface area contributed by atoms with E-state index < -0.39 is 5.54 Å². The number of hydrogen-bond donors (Lipinski definition) is 1. The minimum atomic E-state index is -1.00. The van der Waals surface area contributed by atoms with Crippen LogP contribution in [0.3, 0.4) is 0 Å². The number of ether oxygens (including phenoxy) is 2. The Kier molecular flexibility index (Phi) is 6.15. The lowest BCUT2D eigenvalue weighted by atomic mass is 9.74. The van der Waals surface area contributed by atoms with Crippen LogP contribution in [0.15, 0.2) is 42.5 Å². The monoisotopic (exact) mass is 503 g/mol. The summed E-state index contributed by atoms with van der Waals surface area (Å²) in [5.74, 6) is 1.48. The van der Waals surface area contributed by atoms with Gasteiger partial charge in [0.05, 0.1) is 19.8 Å². The second-order valence-electron chi connectivity index (χ2n) is 10.8. The first-order valence-electron chi connectivity index (χ1n) is 13.3. The van der Waals surface area contributed by atoms with Crippen molar-refractivity contribution in [2.24, 2.45) is 0 Å². The first-order valence-corrected chi connectivity index (χ1v) is 13.3. The van der Waals surface area contributed by atoms with Gasteiger partial charge in [-0.2, -0.15) is 0 Å². The van der Waals surface area contributed by atoms with Gasteiger partial charge < -0.3 is 29.4 Å². The molecule has 2 amide bonds. The van der Waals surface area contributed by atoms with Gasteiger partial charge in [-0.15, -0.1) is 0 Å². The highest BCUT2D eigenvalue weighted by Gasteiger charge is 2.47. The van der Waals surface area contributed by atoms with E-state index in [1.54, 1.807) is 11.0 Å². The molecule has 4 aliphatic rings. The van der Waals surface area contributed by atoms with Crippen LogP contribution in [-0.4, -0.2) is 72.8 Å². The fraction of sp³-hybridized carbons (Fsp3) is 0.483. The summed E-state index contributed by atoms with van der Waals surface area (Å²) in [6.45, 7) is 4.88. The van der Waals surface area contributed by atoms with Crippen LogP contribution in [0.4, 0.5) is 0 Å². The minimum Gasteiger partial charge on any atom is -0.493 e. The molecule has 4 aliphatic heterocycles. The summed E-state index contributed by atoms with van der Waals surface area (Å²) in [7, 11) is 0. The number of fused-ring (bicyclic) bond motifs is 3. The van der Waals surface area contributed by atoms with Gasteiger partial charge in [0, 0.05) is 41.6 Å². The minimum absolute atomic E-state index is 0.0871. The van der Waals surface area contributed by atoms with Crippen LogP contribution in [-0.2, 0) is 21.5 Å². The normalized spacial score (nSPS) is 24.4. The molecule has 37 heavy (non-hydrogen) atoms. The number of likely N-dealkylation sites (tertiary alicyclic amines) is 1. The summed E-state index contributed by atoms with van der Waals surface area (Å²) in [5, 5.41) is 2.75. The topological polar surface area (TPSA) is 88.2 Å². The maximum atomic E-state index is 13.2. The third-order valence-electron chi connectivity index (χ3n) is 8.71. The van der Waals surface area contributed by atoms with Crippen LogP contribution in [0.25, 0.3) is 0 Å². The highest BCUT2D eigenvalue weighted by Crippen LogP contribution is 2.45. The number of carbonyl (C=O) groups excluding carboxylic acids is 3. The zero-order valence-corrected chi connectivity index (χ0v) is 21.0. The van der Waals surface area contributed by atoms with Gasteiger partial charge in [0.1, 0.15) is 23.3 Å². The molecule has 6 rings (SSSR count). The molecule has 1 spiro atoms. The SMILES string of the molecule is O=CC1(N2Cc3c(OCCCN4CCC5(CC4)COc4ccccc45)cccc3C2=O)CCC(=O)NC1. The van der Waals surface area contributed by atoms with Gasteiger partial charge in [-0.25, -0.2) is 0 Å². The molecule has 2 saturated heterocycles. The standard InChI is InChI=1S/C29H33N3O5/c33-19-29(10-9-26(34)30-18-29)32-17-22-21(27(32)35)5-3-8-24(22)36-16-4-13-31-14-11-28(12-15-31)20-37-25-7-2-1-6-23(25)28/h1-3,5-8,19H,4,9-18,20H2,(H,30,34). The molecule has 0 bridgehead atoms. The maximum Gasteiger partial charge on any atom is 0.255 e. The summed E-state index contributed by atoms with van der Waals surface area (Å²) in [5.41, 5.74) is 1.93. The number of rotatable bonds is 7. The molecule has 194 valence electrons. The lowest BCUT2D eigenvalue weighted by molar-refractivity contribution is -0.128. The van der Waals surface area contributed by atoms with E-state index in [1.807, 2.05) is 18.2 Å². The summed E-state index contributed by atoms with van der Waals surface area (Å²) in [4.78, 5) is 41.0. The second kappa shape index (κ2) is 9.49. The average molecular weight is 504 g/mol. The van der Waals surface area contributed by atoms with E-state index in [-0.39, 0.29) is 30.2 Å². The van der Waals surface area contributed by atoms with Crippen LogP contribution < -0.4 is 14.8 Å². The largest absolute Gasteiger partial charge is 0.493 e. The second-order valence-corrected chi connectivity index (χ2v) is 10.8. The molecule has 8 heteroatoms. The molecule has 2 aromatic carbocycles. The van der Waals surface area contributed by atoms with Gasteiger partial charge in [0.25, 0.3) is 5.91 Å². The number of nitrogens with zero attached hydrogens (tertiary/aromatic N) is 2. The molecule has 1 unspecified atom stereocenters. The van der Waals surface area contributed by atoms with E-state index in [1.165, 1.54) is 5.56 Å². The van der Waals surface area contributed by atoms with Crippen LogP contribution in [0.1, 0.15) is 53.6 Å². The highest BCUT2D eigenvalue weighted by atomic mass is 16.5. The van der Waals surface area contributed by atoms with Gasteiger partial charge in [0.15, 0.2) is 0 Å². The number of piperidine rings is 2. The fourth-order valence-electron chi connectivity index (χ4n) is 6.37. The highest BCUT2D eigenvalue weighted by molar-refractivity contribution is 6.01. The van der Waals surface area contributed by atoms with Crippen LogP contribution >= 0.6 is 0 Å². The van der Waals surface area contributed by atoms with Crippen molar-refractivity contribution in [3.8, 4) is 11.5 Å². The van der Waals surface area contributed by atoms with Crippen molar-refractivity contribution in [2.45, 2.75) is 49.6 Å². The Labute approximate surface area is 216 Å². The summed E-state index contributed by atoms with van der Waals surface area (Å²) < 4.78 is 12.1. The van der Waals surface area contributed by atoms with E-state index in [2.05, 4.69) is 28.4 Å². The number of nitrogens with one attached hydrogen (secondary N) is 1. The third kappa shape index (κ3) is 4.17. The number of para-hydroxylation sites is 1. The number of amides is 2. The smallest absolute Gasteiger partial charge is 0.255 e. The molecular formula is C29H33N3O5. The molecular weight excluding hydrogens is 470 g/mol. The Hall–Kier alpha value is -3.39. The van der Waals surface area contributed by atoms with Crippen molar-refractivity contribution in [3.05, 3.63) is 59.2 Å². The van der Waals surface area contributed by atoms with Gasteiger partial charge >= 0.3 is 0 Å². The number of benzene rings is 2. The summed E-state index contributed by atoms with van der Waals surface area (Å²) in [6, 6.07) is 14.0. The number of aldehydes is 1. The van der Waals surface area contributed by atoms with Crippen LogP contribution in [0, 0.1) is 0 Å². The Morgan fingerprint density at radius 1 is 1.05 bits per heavy atom. The van der Waals surface area contributed by atoms with Gasteiger partial charge in [-0.05, 0) is 57.0 Å². The van der Waals surface area contributed by atoms with E-state index in [9.17, 15) is 14.4 Å². The Balaban J connectivity index is 1.03. The first kappa shape index (κ1) is 24.0. The van der Waals surface area contributed by atoms with Gasteiger partial charge in [-0.1, -0.05) is 24.3 Å². The molecule has 2 aromatic rings. The van der Waals surface area contributed by atoms with Crippen LogP contribution in [0.2, 0.25) is 0 Å². The lowest BCUT2D eigenvalue weighted by Gasteiger charge is -2.40. The molecule has 0 aromatic heterocycles. The first-order chi connectivity index (χ1) is 18.0. The molecule has 0 aliphatic carbocycles. The lowest BCUT2D eigenvalue weighted by Crippen LogP contribution is -2.60. The Bertz CT molecular complexity index is 1210. The van der Waals surface area contributed by atoms with Crippen molar-refractivity contribution in [1.29, 1.82) is 0 Å². The molecule has 4 heterocycles. The zero-order valence-electron chi connectivity index (χ0n) is 21.0. The van der Waals surface area contributed by atoms with E-state index in [4.69, 9.17) is 9.47 Å². The van der Waals surface area contributed by atoms with Gasteiger partial charge in [0.2, 0.25) is 5.91 Å². The summed E-state index contributed by atoms with van der Waals surface area (Å²) in [6.07, 6.45) is 4.50. The molecule has 1 atom stereocenters. The molecule has 0 radical (unpaired) electrons. The number of carbonyl (C=O) groups is 3. The van der Waals surface area contributed by atoms with Gasteiger partial charge in [-0.3, -0.25) is 9.59 Å². The van der Waals surface area contributed by atoms with Crippen LogP contribution in [0.5, 0.6) is 11.5 Å². The Morgan fingerprint density at radius 2 is 1.89 bits per heavy atom. The van der Waals surface area contributed by atoms with E-state index >= 15 is 0 Å². The molecule has 8 nitrogen and oxygen atoms in total. The van der Waals surface area contributed by atoms with Crippen molar-refractivity contribution >= 4 is 18.1 Å². The van der Waals surface area contributed by atoms with Crippen molar-refractivity contribution in [2.75, 3.05) is 39.4 Å². The zero-order chi connectivity index (χ0) is 25.5.